The number of rotatable bonds is 6. The van der Waals surface area contributed by atoms with Crippen molar-refractivity contribution in [3.63, 3.8) is 0 Å². The van der Waals surface area contributed by atoms with Crippen molar-refractivity contribution in [3.05, 3.63) is 64.8 Å². The highest BCUT2D eigenvalue weighted by molar-refractivity contribution is 5.87. The van der Waals surface area contributed by atoms with E-state index in [1.807, 2.05) is 18.2 Å². The van der Waals surface area contributed by atoms with Gasteiger partial charge in [-0.25, -0.2) is 0 Å². The van der Waals surface area contributed by atoms with Crippen LogP contribution in [0.1, 0.15) is 6.92 Å². The maximum absolute atomic E-state index is 11.7. The summed E-state index contributed by atoms with van der Waals surface area (Å²) in [7, 11) is 0. The Hall–Kier alpha value is -3.35. The fourth-order valence-corrected chi connectivity index (χ4v) is 2.53. The molecule has 0 atom stereocenters. The Morgan fingerprint density at radius 1 is 1.16 bits per heavy atom. The van der Waals surface area contributed by atoms with E-state index in [1.54, 1.807) is 35.9 Å². The first kappa shape index (κ1) is 16.5. The van der Waals surface area contributed by atoms with Crippen molar-refractivity contribution in [2.24, 2.45) is 0 Å². The number of nitro benzene ring substituents is 1. The summed E-state index contributed by atoms with van der Waals surface area (Å²) in [5.74, 6) is 0.798. The summed E-state index contributed by atoms with van der Waals surface area (Å²) in [4.78, 5) is 21.9. The van der Waals surface area contributed by atoms with E-state index >= 15 is 0 Å². The van der Waals surface area contributed by atoms with Crippen LogP contribution in [0.3, 0.4) is 0 Å². The smallest absolute Gasteiger partial charge is 0.325 e. The number of ether oxygens (including phenoxy) is 2. The lowest BCUT2D eigenvalue weighted by molar-refractivity contribution is -0.384. The Balaban J connectivity index is 1.86. The summed E-state index contributed by atoms with van der Waals surface area (Å²) in [6.07, 6.45) is 1.80. The van der Waals surface area contributed by atoms with Crippen LogP contribution in [0.25, 0.3) is 10.9 Å². The van der Waals surface area contributed by atoms with E-state index in [1.165, 1.54) is 12.1 Å². The number of benzene rings is 2. The molecule has 0 spiro atoms. The van der Waals surface area contributed by atoms with Crippen LogP contribution in [0.5, 0.6) is 11.5 Å². The largest absolute Gasteiger partial charge is 0.465 e. The average molecular weight is 340 g/mol. The molecule has 0 radical (unpaired) electrons. The Morgan fingerprint density at radius 3 is 2.60 bits per heavy atom. The highest BCUT2D eigenvalue weighted by Crippen LogP contribution is 2.31. The number of esters is 1. The first-order chi connectivity index (χ1) is 12.1. The molecule has 0 aliphatic heterocycles. The molecule has 3 rings (SSSR count). The third-order valence-corrected chi connectivity index (χ3v) is 3.65. The van der Waals surface area contributed by atoms with E-state index in [9.17, 15) is 14.9 Å². The molecule has 128 valence electrons. The predicted molar refractivity (Wildman–Crippen MR) is 91.7 cm³/mol. The maximum Gasteiger partial charge on any atom is 0.325 e. The van der Waals surface area contributed by atoms with Crippen LogP contribution in [0.2, 0.25) is 0 Å². The second kappa shape index (κ2) is 7.04. The number of nitrogens with zero attached hydrogens (tertiary/aromatic N) is 2. The molecule has 1 aromatic heterocycles. The van der Waals surface area contributed by atoms with Gasteiger partial charge in [-0.1, -0.05) is 6.07 Å². The number of aromatic nitrogens is 1. The Labute approximate surface area is 143 Å². The third kappa shape index (κ3) is 3.60. The molecule has 0 bridgehead atoms. The van der Waals surface area contributed by atoms with E-state index in [0.29, 0.717) is 18.1 Å². The molecule has 0 N–H and O–H groups in total. The van der Waals surface area contributed by atoms with Crippen LogP contribution >= 0.6 is 0 Å². The number of nitro groups is 1. The molecule has 7 heteroatoms. The van der Waals surface area contributed by atoms with Crippen LogP contribution in [-0.4, -0.2) is 22.1 Å². The van der Waals surface area contributed by atoms with Gasteiger partial charge >= 0.3 is 5.97 Å². The standard InChI is InChI=1S/C18H16N2O5/c1-2-24-18(21)12-19-11-10-15-16(19)4-3-5-17(15)25-14-8-6-13(7-9-14)20(22)23/h3-11H,2,12H2,1H3. The fraction of sp³-hybridized carbons (Fsp3) is 0.167. The molecule has 1 heterocycles. The number of fused-ring (bicyclic) bond motifs is 1. The topological polar surface area (TPSA) is 83.6 Å². The van der Waals surface area contributed by atoms with Crippen molar-refractivity contribution >= 4 is 22.6 Å². The maximum atomic E-state index is 11.7. The van der Waals surface area contributed by atoms with Gasteiger partial charge in [-0.2, -0.15) is 0 Å². The third-order valence-electron chi connectivity index (χ3n) is 3.65. The van der Waals surface area contributed by atoms with Gasteiger partial charge in [0.2, 0.25) is 0 Å². The van der Waals surface area contributed by atoms with Crippen molar-refractivity contribution in [3.8, 4) is 11.5 Å². The highest BCUT2D eigenvalue weighted by Gasteiger charge is 2.11. The van der Waals surface area contributed by atoms with Gasteiger partial charge in [0, 0.05) is 23.7 Å². The van der Waals surface area contributed by atoms with Gasteiger partial charge in [0.05, 0.1) is 17.0 Å². The van der Waals surface area contributed by atoms with Crippen molar-refractivity contribution in [1.29, 1.82) is 0 Å². The van der Waals surface area contributed by atoms with Gasteiger partial charge in [-0.15, -0.1) is 0 Å². The van der Waals surface area contributed by atoms with Crippen molar-refractivity contribution < 1.29 is 19.2 Å². The zero-order chi connectivity index (χ0) is 17.8. The number of carbonyl (C=O) groups is 1. The molecule has 0 amide bonds. The normalized spacial score (nSPS) is 10.6. The molecule has 0 unspecified atom stereocenters. The molecule has 7 nitrogen and oxygen atoms in total. The average Bonchev–Trinajstić information content (AvgIpc) is 2.99. The molecule has 0 aliphatic carbocycles. The molecular formula is C18H16N2O5. The number of non-ortho nitro benzene ring substituents is 1. The second-order valence-corrected chi connectivity index (χ2v) is 5.29. The summed E-state index contributed by atoms with van der Waals surface area (Å²) in [6, 6.07) is 13.2. The van der Waals surface area contributed by atoms with Crippen molar-refractivity contribution in [1.82, 2.24) is 4.57 Å². The molecule has 0 fully saturated rings. The quantitative estimate of drug-likeness (QED) is 0.386. The van der Waals surface area contributed by atoms with Gasteiger partial charge < -0.3 is 14.0 Å². The Bertz CT molecular complexity index is 915. The second-order valence-electron chi connectivity index (χ2n) is 5.29. The monoisotopic (exact) mass is 340 g/mol. The lowest BCUT2D eigenvalue weighted by atomic mass is 10.2. The summed E-state index contributed by atoms with van der Waals surface area (Å²) in [6.45, 7) is 2.23. The first-order valence-corrected chi connectivity index (χ1v) is 7.74. The van der Waals surface area contributed by atoms with Crippen molar-refractivity contribution in [2.45, 2.75) is 13.5 Å². The van der Waals surface area contributed by atoms with Gasteiger partial charge in [-0.05, 0) is 37.3 Å². The Kier molecular flexibility index (Phi) is 4.65. The number of carbonyl (C=O) groups excluding carboxylic acids is 1. The van der Waals surface area contributed by atoms with Gasteiger partial charge in [0.25, 0.3) is 5.69 Å². The van der Waals surface area contributed by atoms with Gasteiger partial charge in [-0.3, -0.25) is 14.9 Å². The molecule has 25 heavy (non-hydrogen) atoms. The SMILES string of the molecule is CCOC(=O)Cn1ccc2c(Oc3ccc([N+](=O)[O-])cc3)cccc21. The lowest BCUT2D eigenvalue weighted by Gasteiger charge is -2.08. The summed E-state index contributed by atoms with van der Waals surface area (Å²) < 4.78 is 12.6. The molecule has 0 aliphatic rings. The molecule has 0 saturated heterocycles. The minimum absolute atomic E-state index is 0.00569. The predicted octanol–water partition coefficient (Wildman–Crippen LogP) is 3.90. The van der Waals surface area contributed by atoms with Crippen molar-refractivity contribution in [2.75, 3.05) is 6.61 Å². The lowest BCUT2D eigenvalue weighted by Crippen LogP contribution is -2.12. The van der Waals surface area contributed by atoms with Crippen LogP contribution < -0.4 is 4.74 Å². The highest BCUT2D eigenvalue weighted by atomic mass is 16.6. The van der Waals surface area contributed by atoms with E-state index < -0.39 is 4.92 Å². The molecule has 0 saturated carbocycles. The van der Waals surface area contributed by atoms with E-state index in [-0.39, 0.29) is 18.2 Å². The zero-order valence-electron chi connectivity index (χ0n) is 13.5. The minimum Gasteiger partial charge on any atom is -0.465 e. The van der Waals surface area contributed by atoms with Crippen LogP contribution in [0, 0.1) is 10.1 Å². The zero-order valence-corrected chi connectivity index (χ0v) is 13.5. The van der Waals surface area contributed by atoms with Gasteiger partial charge in [0.1, 0.15) is 18.0 Å². The van der Waals surface area contributed by atoms with Crippen LogP contribution in [0.15, 0.2) is 54.7 Å². The summed E-state index contributed by atoms with van der Waals surface area (Å²) >= 11 is 0. The minimum atomic E-state index is -0.458. The van der Waals surface area contributed by atoms with Crippen LogP contribution in [-0.2, 0) is 16.1 Å². The van der Waals surface area contributed by atoms with Gasteiger partial charge in [0.15, 0.2) is 0 Å². The van der Waals surface area contributed by atoms with E-state index in [4.69, 9.17) is 9.47 Å². The number of hydrogen-bond acceptors (Lipinski definition) is 5. The number of hydrogen-bond donors (Lipinski definition) is 0. The Morgan fingerprint density at radius 2 is 1.92 bits per heavy atom. The van der Waals surface area contributed by atoms with E-state index in [2.05, 4.69) is 0 Å². The van der Waals surface area contributed by atoms with E-state index in [0.717, 1.165) is 10.9 Å². The first-order valence-electron chi connectivity index (χ1n) is 7.74. The molecular weight excluding hydrogens is 324 g/mol. The molecule has 3 aromatic rings. The summed E-state index contributed by atoms with van der Waals surface area (Å²) in [5.41, 5.74) is 0.846. The van der Waals surface area contributed by atoms with Crippen LogP contribution in [0.4, 0.5) is 5.69 Å². The summed E-state index contributed by atoms with van der Waals surface area (Å²) in [5, 5.41) is 11.5. The molecule has 2 aromatic carbocycles. The fourth-order valence-electron chi connectivity index (χ4n) is 2.53.